The summed E-state index contributed by atoms with van der Waals surface area (Å²) < 4.78 is 0. The van der Waals surface area contributed by atoms with Gasteiger partial charge in [0.2, 0.25) is 0 Å². The first kappa shape index (κ1) is 58.2. The van der Waals surface area contributed by atoms with Gasteiger partial charge >= 0.3 is 0 Å². The molecule has 464 valence electrons. The van der Waals surface area contributed by atoms with E-state index in [1.54, 1.807) is 0 Å². The van der Waals surface area contributed by atoms with E-state index < -0.39 is 0 Å². The average Bonchev–Trinajstić information content (AvgIpc) is 0.728. The zero-order valence-electron chi connectivity index (χ0n) is 54.7. The van der Waals surface area contributed by atoms with E-state index in [-0.39, 0.29) is 0 Å². The molecular formula is C98H62N2. The molecule has 0 spiro atoms. The van der Waals surface area contributed by atoms with E-state index in [4.69, 9.17) is 4.98 Å². The summed E-state index contributed by atoms with van der Waals surface area (Å²) >= 11 is 0. The van der Waals surface area contributed by atoms with Crippen LogP contribution in [-0.2, 0) is 0 Å². The van der Waals surface area contributed by atoms with Gasteiger partial charge in [0.15, 0.2) is 0 Å². The second-order valence-electron chi connectivity index (χ2n) is 26.4. The Hall–Kier alpha value is -13.1. The molecular weight excluding hydrogens is 1210 g/mol. The Balaban J connectivity index is 0.750. The van der Waals surface area contributed by atoms with Crippen molar-refractivity contribution in [3.05, 3.63) is 377 Å². The van der Waals surface area contributed by atoms with Crippen LogP contribution in [0.3, 0.4) is 0 Å². The van der Waals surface area contributed by atoms with E-state index in [0.717, 1.165) is 72.3 Å². The van der Waals surface area contributed by atoms with Gasteiger partial charge in [0.25, 0.3) is 0 Å². The lowest BCUT2D eigenvalue weighted by Gasteiger charge is -2.20. The monoisotopic (exact) mass is 1270 g/mol. The zero-order valence-corrected chi connectivity index (χ0v) is 54.7. The normalized spacial score (nSPS) is 11.6. The van der Waals surface area contributed by atoms with Crippen molar-refractivity contribution in [2.24, 2.45) is 0 Å². The molecule has 2 heteroatoms. The van der Waals surface area contributed by atoms with Crippen molar-refractivity contribution in [3.8, 4) is 123 Å². The van der Waals surface area contributed by atoms with Crippen molar-refractivity contribution in [2.45, 2.75) is 0 Å². The van der Waals surface area contributed by atoms with Gasteiger partial charge in [0.05, 0.1) is 5.69 Å². The Bertz CT molecular complexity index is 6390. The molecule has 19 rings (SSSR count). The van der Waals surface area contributed by atoms with Gasteiger partial charge in [-0.25, -0.2) is 0 Å². The first-order chi connectivity index (χ1) is 49.5. The predicted octanol–water partition coefficient (Wildman–Crippen LogP) is 26.9. The van der Waals surface area contributed by atoms with Crippen LogP contribution >= 0.6 is 0 Å². The molecule has 0 saturated carbocycles. The Morgan fingerprint density at radius 2 is 0.440 bits per heavy atom. The summed E-state index contributed by atoms with van der Waals surface area (Å²) in [6.07, 6.45) is 5.88. The molecule has 2 heterocycles. The van der Waals surface area contributed by atoms with Crippen LogP contribution in [0.15, 0.2) is 377 Å². The van der Waals surface area contributed by atoms with Gasteiger partial charge in [0, 0.05) is 35.3 Å². The van der Waals surface area contributed by atoms with Crippen LogP contribution < -0.4 is 0 Å². The minimum atomic E-state index is 0.954. The van der Waals surface area contributed by atoms with E-state index in [9.17, 15) is 0 Å². The van der Waals surface area contributed by atoms with E-state index in [2.05, 4.69) is 351 Å². The minimum Gasteiger partial charge on any atom is -0.263 e. The highest BCUT2D eigenvalue weighted by Crippen LogP contribution is 2.49. The molecule has 0 aliphatic heterocycles. The fraction of sp³-hybridized carbons (Fsp3) is 0. The van der Waals surface area contributed by atoms with Gasteiger partial charge in [-0.05, 0) is 230 Å². The fourth-order valence-corrected chi connectivity index (χ4v) is 15.5. The van der Waals surface area contributed by atoms with Gasteiger partial charge in [0.1, 0.15) is 0 Å². The average molecular weight is 1270 g/mol. The number of hydrogen-bond acceptors (Lipinski definition) is 2. The molecule has 2 aromatic heterocycles. The Kier molecular flexibility index (Phi) is 14.3. The van der Waals surface area contributed by atoms with Gasteiger partial charge in [-0.2, -0.15) is 0 Å². The number of aromatic nitrogens is 2. The largest absolute Gasteiger partial charge is 0.263 e. The van der Waals surface area contributed by atoms with Crippen molar-refractivity contribution < 1.29 is 0 Å². The molecule has 17 aromatic carbocycles. The highest BCUT2D eigenvalue weighted by Gasteiger charge is 2.22. The quantitative estimate of drug-likeness (QED) is 0.121. The summed E-state index contributed by atoms with van der Waals surface area (Å²) in [5.41, 5.74) is 25.2. The van der Waals surface area contributed by atoms with Gasteiger partial charge in [-0.15, -0.1) is 0 Å². The molecule has 0 amide bonds. The Morgan fingerprint density at radius 3 is 0.890 bits per heavy atom. The standard InChI is InChI=1S/C98H62N2/c1-2-17-72(18-3-1)95-86-22-10-11-23-87(86)98(83-46-37-65-16-6-9-21-77(65)56-83)93-59-81(48-51-90(93)95)68-25-27-70(28-26-68)84-57-85(62-99-61-84)82-49-52-89-92(60-82)97(74-42-33-67(34-43-74)79-45-36-64-15-5-8-20-76(64)55-79)91-58-80(69-29-38-71(39-30-69)94-24-12-13-53-100-94)47-50-88(91)96(89)73-40-31-66(32-41-73)78-44-35-63-14-4-7-19-75(63)54-78/h1-62H. The van der Waals surface area contributed by atoms with E-state index >= 15 is 0 Å². The smallest absolute Gasteiger partial charge is 0.0701 e. The minimum absolute atomic E-state index is 0.954. The summed E-state index contributed by atoms with van der Waals surface area (Å²) in [5.74, 6) is 0. The van der Waals surface area contributed by atoms with Crippen LogP contribution in [0.5, 0.6) is 0 Å². The van der Waals surface area contributed by atoms with Crippen molar-refractivity contribution >= 4 is 75.4 Å². The van der Waals surface area contributed by atoms with Crippen molar-refractivity contribution in [1.82, 2.24) is 9.97 Å². The predicted molar refractivity (Wildman–Crippen MR) is 424 cm³/mol. The molecule has 0 bridgehead atoms. The highest BCUT2D eigenvalue weighted by molar-refractivity contribution is 6.24. The van der Waals surface area contributed by atoms with Gasteiger partial charge < -0.3 is 0 Å². The first-order valence-corrected chi connectivity index (χ1v) is 34.4. The molecule has 0 saturated heterocycles. The van der Waals surface area contributed by atoms with Gasteiger partial charge in [-0.3, -0.25) is 9.97 Å². The van der Waals surface area contributed by atoms with Crippen molar-refractivity contribution in [3.63, 3.8) is 0 Å². The van der Waals surface area contributed by atoms with Crippen LogP contribution in [0.1, 0.15) is 0 Å². The summed E-state index contributed by atoms with van der Waals surface area (Å²) in [7, 11) is 0. The lowest BCUT2D eigenvalue weighted by atomic mass is 9.83. The molecule has 2 nitrogen and oxygen atoms in total. The third-order valence-electron chi connectivity index (χ3n) is 20.6. The van der Waals surface area contributed by atoms with Gasteiger partial charge in [-0.1, -0.05) is 303 Å². The third-order valence-corrected chi connectivity index (χ3v) is 20.6. The Morgan fingerprint density at radius 1 is 0.150 bits per heavy atom. The maximum Gasteiger partial charge on any atom is 0.0701 e. The van der Waals surface area contributed by atoms with Crippen molar-refractivity contribution in [2.75, 3.05) is 0 Å². The first-order valence-electron chi connectivity index (χ1n) is 34.4. The van der Waals surface area contributed by atoms with E-state index in [1.807, 2.05) is 30.7 Å². The summed E-state index contributed by atoms with van der Waals surface area (Å²) in [6, 6.07) is 132. The number of pyridine rings is 2. The molecule has 0 atom stereocenters. The van der Waals surface area contributed by atoms with Crippen LogP contribution in [0.2, 0.25) is 0 Å². The second kappa shape index (κ2) is 24.5. The maximum absolute atomic E-state index is 5.02. The molecule has 0 aliphatic carbocycles. The van der Waals surface area contributed by atoms with Crippen LogP contribution in [0, 0.1) is 0 Å². The van der Waals surface area contributed by atoms with Crippen molar-refractivity contribution in [1.29, 1.82) is 0 Å². The summed E-state index contributed by atoms with van der Waals surface area (Å²) in [5, 5.41) is 17.0. The SMILES string of the molecule is c1ccc(-c2c3ccccc3c(-c3ccc4ccccc4c3)c3cc(-c4ccc(-c5cncc(-c6ccc7c(-c8ccc(-c9ccc%10ccccc%10c9)cc8)c8ccc(-c9ccc(-c%10ccccn%10)cc9)cc8c(-c8ccc(-c9ccc%10ccccc%10c9)cc8)c7c6)c5)cc4)ccc23)cc1. The molecule has 19 aromatic rings. The number of benzene rings is 17. The topological polar surface area (TPSA) is 25.8 Å². The molecule has 0 N–H and O–H groups in total. The highest BCUT2D eigenvalue weighted by atomic mass is 14.7. The molecule has 0 radical (unpaired) electrons. The summed E-state index contributed by atoms with van der Waals surface area (Å²) in [6.45, 7) is 0. The molecule has 100 heavy (non-hydrogen) atoms. The molecule has 0 aliphatic rings. The summed E-state index contributed by atoms with van der Waals surface area (Å²) in [4.78, 5) is 9.69. The zero-order chi connectivity index (χ0) is 66.0. The lowest BCUT2D eigenvalue weighted by Crippen LogP contribution is -1.93. The van der Waals surface area contributed by atoms with Crippen LogP contribution in [-0.4, -0.2) is 9.97 Å². The fourth-order valence-electron chi connectivity index (χ4n) is 15.5. The maximum atomic E-state index is 5.02. The van der Waals surface area contributed by atoms with Crippen LogP contribution in [0.25, 0.3) is 198 Å². The molecule has 0 fully saturated rings. The lowest BCUT2D eigenvalue weighted by molar-refractivity contribution is 1.33. The third kappa shape index (κ3) is 10.5. The number of hydrogen-bond donors (Lipinski definition) is 0. The van der Waals surface area contributed by atoms with E-state index in [0.29, 0.717) is 0 Å². The second-order valence-corrected chi connectivity index (χ2v) is 26.4. The van der Waals surface area contributed by atoms with Crippen LogP contribution in [0.4, 0.5) is 0 Å². The number of rotatable bonds is 11. The Labute approximate surface area is 580 Å². The number of fused-ring (bicyclic) bond motifs is 7. The molecule has 0 unspecified atom stereocenters. The number of nitrogens with zero attached hydrogens (tertiary/aromatic N) is 2. The van der Waals surface area contributed by atoms with E-state index in [1.165, 1.54) is 126 Å².